The molecule has 0 unspecified atom stereocenters. The van der Waals surface area contributed by atoms with Crippen LogP contribution in [0.1, 0.15) is 29.6 Å². The zero-order chi connectivity index (χ0) is 10.7. The van der Waals surface area contributed by atoms with Gasteiger partial charge in [-0.25, -0.2) is 0 Å². The van der Waals surface area contributed by atoms with Crippen LogP contribution in [0.4, 0.5) is 5.69 Å². The molecule has 0 fully saturated rings. The normalized spacial score (nSPS) is 15.7. The fraction of sp³-hybridized carbons (Fsp3) is 0.308. The Balaban J connectivity index is 2.01. The van der Waals surface area contributed by atoms with Crippen LogP contribution in [0.15, 0.2) is 36.4 Å². The SMILES string of the molecule is Nc1cccc(C(=O)CC2CC=CC2)c1. The Labute approximate surface area is 89.8 Å². The molecular weight excluding hydrogens is 186 g/mol. The minimum Gasteiger partial charge on any atom is -0.399 e. The van der Waals surface area contributed by atoms with Gasteiger partial charge in [-0.3, -0.25) is 4.79 Å². The van der Waals surface area contributed by atoms with E-state index in [2.05, 4.69) is 12.2 Å². The summed E-state index contributed by atoms with van der Waals surface area (Å²) in [5.74, 6) is 0.704. The van der Waals surface area contributed by atoms with Gasteiger partial charge in [0.2, 0.25) is 0 Å². The van der Waals surface area contributed by atoms with E-state index in [1.165, 1.54) is 0 Å². The molecule has 1 aromatic carbocycles. The van der Waals surface area contributed by atoms with Crippen molar-refractivity contribution in [3.8, 4) is 0 Å². The molecule has 1 aromatic rings. The molecule has 0 atom stereocenters. The molecular formula is C13H15NO. The number of hydrogen-bond acceptors (Lipinski definition) is 2. The third-order valence-corrected chi connectivity index (χ3v) is 2.79. The van der Waals surface area contributed by atoms with Crippen LogP contribution in [0.2, 0.25) is 0 Å². The number of carbonyl (C=O) groups is 1. The van der Waals surface area contributed by atoms with E-state index in [0.717, 1.165) is 18.4 Å². The summed E-state index contributed by atoms with van der Waals surface area (Å²) in [5, 5.41) is 0. The Bertz CT molecular complexity index is 387. The molecule has 0 bridgehead atoms. The van der Waals surface area contributed by atoms with Crippen LogP contribution in [0, 0.1) is 5.92 Å². The van der Waals surface area contributed by atoms with Gasteiger partial charge in [0.25, 0.3) is 0 Å². The average molecular weight is 201 g/mol. The van der Waals surface area contributed by atoms with Crippen LogP contribution in [0.5, 0.6) is 0 Å². The first-order valence-corrected chi connectivity index (χ1v) is 5.29. The fourth-order valence-electron chi connectivity index (χ4n) is 1.93. The van der Waals surface area contributed by atoms with Gasteiger partial charge < -0.3 is 5.73 Å². The molecule has 0 aromatic heterocycles. The molecule has 2 heteroatoms. The number of ketones is 1. The molecule has 0 amide bonds. The van der Waals surface area contributed by atoms with Crippen LogP contribution in [-0.4, -0.2) is 5.78 Å². The number of anilines is 1. The number of nitrogens with two attached hydrogens (primary N) is 1. The predicted molar refractivity (Wildman–Crippen MR) is 61.7 cm³/mol. The summed E-state index contributed by atoms with van der Waals surface area (Å²) in [7, 11) is 0. The molecule has 0 radical (unpaired) electrons. The summed E-state index contributed by atoms with van der Waals surface area (Å²) >= 11 is 0. The van der Waals surface area contributed by atoms with Gasteiger partial charge in [0.1, 0.15) is 0 Å². The third-order valence-electron chi connectivity index (χ3n) is 2.79. The first kappa shape index (κ1) is 9.97. The molecule has 2 rings (SSSR count). The summed E-state index contributed by atoms with van der Waals surface area (Å²) in [5.41, 5.74) is 7.04. The number of benzene rings is 1. The van der Waals surface area contributed by atoms with Crippen LogP contribution in [-0.2, 0) is 0 Å². The molecule has 78 valence electrons. The number of carbonyl (C=O) groups excluding carboxylic acids is 1. The molecule has 0 spiro atoms. The lowest BCUT2D eigenvalue weighted by Crippen LogP contribution is -2.06. The van der Waals surface area contributed by atoms with Gasteiger partial charge in [-0.05, 0) is 30.9 Å². The van der Waals surface area contributed by atoms with Gasteiger partial charge in [-0.15, -0.1) is 0 Å². The maximum atomic E-state index is 11.9. The van der Waals surface area contributed by atoms with E-state index < -0.39 is 0 Å². The number of nitrogen functional groups attached to an aromatic ring is 1. The number of hydrogen-bond donors (Lipinski definition) is 1. The second-order valence-electron chi connectivity index (χ2n) is 4.06. The van der Waals surface area contributed by atoms with E-state index in [4.69, 9.17) is 5.73 Å². The lowest BCUT2D eigenvalue weighted by atomic mass is 9.96. The lowest BCUT2D eigenvalue weighted by molar-refractivity contribution is 0.0963. The molecule has 1 aliphatic rings. The van der Waals surface area contributed by atoms with Crippen molar-refractivity contribution in [2.24, 2.45) is 5.92 Å². The summed E-state index contributed by atoms with van der Waals surface area (Å²) < 4.78 is 0. The summed E-state index contributed by atoms with van der Waals surface area (Å²) in [4.78, 5) is 11.9. The Morgan fingerprint density at radius 1 is 1.33 bits per heavy atom. The molecule has 0 aliphatic heterocycles. The van der Waals surface area contributed by atoms with E-state index in [0.29, 0.717) is 18.0 Å². The minimum atomic E-state index is 0.205. The van der Waals surface area contributed by atoms with E-state index in [1.807, 2.05) is 12.1 Å². The largest absolute Gasteiger partial charge is 0.399 e. The first-order chi connectivity index (χ1) is 7.25. The maximum Gasteiger partial charge on any atom is 0.163 e. The first-order valence-electron chi connectivity index (χ1n) is 5.29. The van der Waals surface area contributed by atoms with E-state index in [9.17, 15) is 4.79 Å². The number of Topliss-reactive ketones (excluding diaryl/α,β-unsaturated/α-hetero) is 1. The van der Waals surface area contributed by atoms with E-state index in [1.54, 1.807) is 12.1 Å². The molecule has 0 saturated carbocycles. The van der Waals surface area contributed by atoms with Crippen molar-refractivity contribution in [2.45, 2.75) is 19.3 Å². The van der Waals surface area contributed by atoms with Gasteiger partial charge >= 0.3 is 0 Å². The van der Waals surface area contributed by atoms with Gasteiger partial charge in [0.15, 0.2) is 5.78 Å². The highest BCUT2D eigenvalue weighted by molar-refractivity contribution is 5.96. The molecule has 1 aliphatic carbocycles. The fourth-order valence-corrected chi connectivity index (χ4v) is 1.93. The topological polar surface area (TPSA) is 43.1 Å². The van der Waals surface area contributed by atoms with Crippen LogP contribution in [0.25, 0.3) is 0 Å². The van der Waals surface area contributed by atoms with Crippen molar-refractivity contribution in [1.29, 1.82) is 0 Å². The van der Waals surface area contributed by atoms with Gasteiger partial charge in [-0.2, -0.15) is 0 Å². The molecule has 15 heavy (non-hydrogen) atoms. The third kappa shape index (κ3) is 2.46. The number of rotatable bonds is 3. The monoisotopic (exact) mass is 201 g/mol. The molecule has 2 nitrogen and oxygen atoms in total. The Morgan fingerprint density at radius 2 is 2.07 bits per heavy atom. The van der Waals surface area contributed by atoms with Gasteiger partial charge in [0, 0.05) is 17.7 Å². The molecule has 0 heterocycles. The van der Waals surface area contributed by atoms with Gasteiger partial charge in [0.05, 0.1) is 0 Å². The Morgan fingerprint density at radius 3 is 2.73 bits per heavy atom. The second-order valence-corrected chi connectivity index (χ2v) is 4.06. The zero-order valence-electron chi connectivity index (χ0n) is 8.65. The predicted octanol–water partition coefficient (Wildman–Crippen LogP) is 2.81. The summed E-state index contributed by atoms with van der Waals surface area (Å²) in [6.45, 7) is 0. The maximum absolute atomic E-state index is 11.9. The highest BCUT2D eigenvalue weighted by atomic mass is 16.1. The van der Waals surface area contributed by atoms with Crippen molar-refractivity contribution in [1.82, 2.24) is 0 Å². The van der Waals surface area contributed by atoms with Crippen LogP contribution >= 0.6 is 0 Å². The smallest absolute Gasteiger partial charge is 0.163 e. The van der Waals surface area contributed by atoms with Crippen molar-refractivity contribution in [3.63, 3.8) is 0 Å². The van der Waals surface area contributed by atoms with Crippen molar-refractivity contribution >= 4 is 11.5 Å². The highest BCUT2D eigenvalue weighted by Gasteiger charge is 2.15. The minimum absolute atomic E-state index is 0.205. The van der Waals surface area contributed by atoms with Crippen molar-refractivity contribution in [3.05, 3.63) is 42.0 Å². The van der Waals surface area contributed by atoms with Crippen molar-refractivity contribution in [2.75, 3.05) is 5.73 Å². The lowest BCUT2D eigenvalue weighted by Gasteiger charge is -2.07. The molecule has 0 saturated heterocycles. The van der Waals surface area contributed by atoms with Gasteiger partial charge in [-0.1, -0.05) is 24.3 Å². The van der Waals surface area contributed by atoms with Crippen molar-refractivity contribution < 1.29 is 4.79 Å². The molecule has 2 N–H and O–H groups in total. The highest BCUT2D eigenvalue weighted by Crippen LogP contribution is 2.23. The summed E-state index contributed by atoms with van der Waals surface area (Å²) in [6, 6.07) is 7.22. The Kier molecular flexibility index (Phi) is 2.86. The standard InChI is InChI=1S/C13H15NO/c14-12-7-3-6-11(9-12)13(15)8-10-4-1-2-5-10/h1-3,6-7,9-10H,4-5,8,14H2. The second kappa shape index (κ2) is 4.30. The van der Waals surface area contributed by atoms with E-state index >= 15 is 0 Å². The average Bonchev–Trinajstić information content (AvgIpc) is 2.70. The Hall–Kier alpha value is -1.57. The quantitative estimate of drug-likeness (QED) is 0.464. The van der Waals surface area contributed by atoms with E-state index in [-0.39, 0.29) is 5.78 Å². The van der Waals surface area contributed by atoms with Crippen LogP contribution < -0.4 is 5.73 Å². The number of allylic oxidation sites excluding steroid dienone is 2. The zero-order valence-corrected chi connectivity index (χ0v) is 8.65. The summed E-state index contributed by atoms with van der Waals surface area (Å²) in [6.07, 6.45) is 7.01. The van der Waals surface area contributed by atoms with Crippen LogP contribution in [0.3, 0.4) is 0 Å².